The summed E-state index contributed by atoms with van der Waals surface area (Å²) >= 11 is 0. The molecule has 21 heteroatoms. The molecular weight excluding hydrogens is 1160 g/mol. The number of rotatable bonds is 54. The van der Waals surface area contributed by atoms with E-state index in [-0.39, 0.29) is 71.9 Å². The fraction of sp³-hybridized carbons (Fsp3) is 0.963. The van der Waals surface area contributed by atoms with Crippen LogP contribution in [0.2, 0.25) is 0 Å². The van der Waals surface area contributed by atoms with Crippen molar-refractivity contribution in [1.82, 2.24) is 18.9 Å². The van der Waals surface area contributed by atoms with Gasteiger partial charge in [0.05, 0.1) is 35.0 Å². The quantitative estimate of drug-likeness (QED) is 0.0252. The van der Waals surface area contributed by atoms with E-state index >= 15 is 0 Å². The third-order valence-corrected chi connectivity index (χ3v) is 19.5. The van der Waals surface area contributed by atoms with Crippen LogP contribution in [0.25, 0.3) is 0 Å². The van der Waals surface area contributed by atoms with Crippen LogP contribution in [0.15, 0.2) is 0 Å². The van der Waals surface area contributed by atoms with Crippen LogP contribution in [-0.4, -0.2) is 129 Å². The van der Waals surface area contributed by atoms with Gasteiger partial charge in [-0.3, -0.25) is 0 Å². The first-order valence-electron chi connectivity index (χ1n) is 29.4. The number of aliphatic carboxylic acids is 2. The minimum atomic E-state index is -4.01. The van der Waals surface area contributed by atoms with E-state index in [0.29, 0.717) is 25.7 Å². The molecule has 0 bridgehead atoms. The number of nitrogens with one attached hydrogen (secondary N) is 4. The number of sulfonamides is 4. The third kappa shape index (κ3) is 49.7. The molecule has 4 N–H and O–H groups in total. The molecule has 0 aromatic carbocycles. The first-order chi connectivity index (χ1) is 35.0. The van der Waals surface area contributed by atoms with Crippen molar-refractivity contribution in [3.8, 4) is 0 Å². The van der Waals surface area contributed by atoms with Crippen molar-refractivity contribution < 1.29 is 53.5 Å². The summed E-state index contributed by atoms with van der Waals surface area (Å²) in [6, 6.07) is 0. The molecule has 0 fully saturated rings. The van der Waals surface area contributed by atoms with Crippen molar-refractivity contribution in [3.63, 3.8) is 0 Å². The Balaban J connectivity index is -0.00000136. The second kappa shape index (κ2) is 48.8. The summed E-state index contributed by atoms with van der Waals surface area (Å²) in [6.45, 7) is 10.7. The molecule has 0 rings (SSSR count). The van der Waals surface area contributed by atoms with Gasteiger partial charge in [0.15, 0.2) is 0 Å². The summed E-state index contributed by atoms with van der Waals surface area (Å²) in [5, 5.41) is 23.4. The summed E-state index contributed by atoms with van der Waals surface area (Å²) in [5.74, 6) is -4.69. The predicted octanol–water partition coefficient (Wildman–Crippen LogP) is 9.89. The van der Waals surface area contributed by atoms with Gasteiger partial charge in [-0.15, -0.1) is 0 Å². The van der Waals surface area contributed by atoms with Crippen LogP contribution in [-0.2, 0) is 49.7 Å². The SMILES string of the molecule is CCCCCCCCCCCCS(=O)(=O)NC(C)(NS(=O)(=O)CCCCCCCCCCCC)C(=O)[O-].CCCCCCCCCCCCS(=O)(=O)NC(C)(NS(=O)(=O)CCCCCCCCCCCC)C(=O)[O-].[Ba+2]. The Hall–Kier alpha value is 0.151. The van der Waals surface area contributed by atoms with Gasteiger partial charge < -0.3 is 19.8 Å². The summed E-state index contributed by atoms with van der Waals surface area (Å²) in [5.41, 5.74) is -4.84. The van der Waals surface area contributed by atoms with Crippen molar-refractivity contribution in [1.29, 1.82) is 0 Å². The first-order valence-corrected chi connectivity index (χ1v) is 36.1. The Kier molecular flexibility index (Phi) is 51.7. The van der Waals surface area contributed by atoms with Crippen molar-refractivity contribution >= 4 is 101 Å². The molecule has 0 saturated heterocycles. The summed E-state index contributed by atoms with van der Waals surface area (Å²) < 4.78 is 108. The summed E-state index contributed by atoms with van der Waals surface area (Å²) in [7, 11) is -16.0. The van der Waals surface area contributed by atoms with Gasteiger partial charge in [0.25, 0.3) is 0 Å². The zero-order valence-corrected chi connectivity index (χ0v) is 56.1. The zero-order valence-electron chi connectivity index (χ0n) is 48.4. The van der Waals surface area contributed by atoms with Crippen LogP contribution in [0.4, 0.5) is 0 Å². The van der Waals surface area contributed by atoms with Crippen LogP contribution in [0.1, 0.15) is 298 Å². The molecular formula is C54H110BaN4O12S4. The van der Waals surface area contributed by atoms with Gasteiger partial charge in [0.1, 0.15) is 11.3 Å². The van der Waals surface area contributed by atoms with Gasteiger partial charge in [-0.05, 0) is 39.5 Å². The van der Waals surface area contributed by atoms with Crippen LogP contribution >= 0.6 is 0 Å². The fourth-order valence-corrected chi connectivity index (χ4v) is 14.7. The molecule has 0 aliphatic carbocycles. The number of carboxylic acid groups (broad SMARTS) is 2. The molecule has 75 heavy (non-hydrogen) atoms. The number of unbranched alkanes of at least 4 members (excludes halogenated alkanes) is 36. The minimum absolute atomic E-state index is 0. The topological polar surface area (TPSA) is 265 Å². The number of hydrogen-bond acceptors (Lipinski definition) is 12. The first kappa shape index (κ1) is 79.4. The molecule has 0 aliphatic heterocycles. The van der Waals surface area contributed by atoms with E-state index in [4.69, 9.17) is 0 Å². The van der Waals surface area contributed by atoms with E-state index in [9.17, 15) is 53.5 Å². The van der Waals surface area contributed by atoms with Gasteiger partial charge in [-0.1, -0.05) is 259 Å². The van der Waals surface area contributed by atoms with E-state index in [0.717, 1.165) is 117 Å². The number of carbonyl (C=O) groups is 2. The normalized spacial score (nSPS) is 12.6. The minimum Gasteiger partial charge on any atom is -0.547 e. The molecule has 0 saturated carbocycles. The maximum Gasteiger partial charge on any atom is 2.00 e. The zero-order chi connectivity index (χ0) is 56.1. The van der Waals surface area contributed by atoms with Crippen molar-refractivity contribution in [3.05, 3.63) is 0 Å². The van der Waals surface area contributed by atoms with Crippen molar-refractivity contribution in [2.75, 3.05) is 23.0 Å². The summed E-state index contributed by atoms with van der Waals surface area (Å²) in [4.78, 5) is 23.4. The molecule has 0 atom stereocenters. The van der Waals surface area contributed by atoms with Crippen LogP contribution < -0.4 is 29.1 Å². The third-order valence-electron chi connectivity index (χ3n) is 13.3. The van der Waals surface area contributed by atoms with Crippen LogP contribution in [0.3, 0.4) is 0 Å². The van der Waals surface area contributed by atoms with Gasteiger partial charge in [0, 0.05) is 0 Å². The molecule has 0 amide bonds. The Bertz CT molecular complexity index is 1600. The number of carboxylic acids is 2. The maximum absolute atomic E-state index is 12.5. The second-order valence-corrected chi connectivity index (χ2v) is 28.6. The van der Waals surface area contributed by atoms with E-state index < -0.39 is 63.4 Å². The average Bonchev–Trinajstić information content (AvgIpc) is 3.30. The molecule has 16 nitrogen and oxygen atoms in total. The maximum atomic E-state index is 12.5. The van der Waals surface area contributed by atoms with E-state index in [2.05, 4.69) is 27.7 Å². The van der Waals surface area contributed by atoms with Crippen LogP contribution in [0.5, 0.6) is 0 Å². The van der Waals surface area contributed by atoms with E-state index in [1.54, 1.807) is 0 Å². The van der Waals surface area contributed by atoms with Gasteiger partial charge in [-0.2, -0.15) is 18.9 Å². The molecule has 0 heterocycles. The van der Waals surface area contributed by atoms with Crippen molar-refractivity contribution in [2.24, 2.45) is 0 Å². The largest absolute Gasteiger partial charge is 2.00 e. The fourth-order valence-electron chi connectivity index (χ4n) is 8.77. The van der Waals surface area contributed by atoms with E-state index in [1.807, 2.05) is 18.9 Å². The smallest absolute Gasteiger partial charge is 0.547 e. The van der Waals surface area contributed by atoms with Crippen molar-refractivity contribution in [2.45, 2.75) is 310 Å². The Morgan fingerprint density at radius 1 is 0.280 bits per heavy atom. The number of hydrogen-bond donors (Lipinski definition) is 4. The Labute approximate surface area is 501 Å². The summed E-state index contributed by atoms with van der Waals surface area (Å²) in [6.07, 6.45) is 41.7. The molecule has 0 radical (unpaired) electrons. The molecule has 0 unspecified atom stereocenters. The van der Waals surface area contributed by atoms with Crippen LogP contribution in [0, 0.1) is 0 Å². The number of carbonyl (C=O) groups excluding carboxylic acids is 2. The standard InChI is InChI=1S/2C27H56N2O6S2.Ba/c2*1-4-6-8-10-12-14-16-18-20-22-24-36(32,33)28-27(3,26(30)31)29-37(34,35)25-23-21-19-17-15-13-11-9-7-5-2;/h2*28-29H,4-25H2,1-3H3,(H,30,31);/q;;+2/p-2. The predicted molar refractivity (Wildman–Crippen MR) is 308 cm³/mol. The Morgan fingerprint density at radius 2 is 0.400 bits per heavy atom. The van der Waals surface area contributed by atoms with Gasteiger partial charge in [-0.25, -0.2) is 33.7 Å². The molecule has 0 aliphatic rings. The molecule has 444 valence electrons. The second-order valence-electron chi connectivity index (χ2n) is 21.2. The molecule has 0 aromatic heterocycles. The average molecular weight is 1270 g/mol. The molecule has 0 spiro atoms. The molecule has 0 aromatic rings. The van der Waals surface area contributed by atoms with E-state index in [1.165, 1.54) is 128 Å². The van der Waals surface area contributed by atoms with Gasteiger partial charge in [0.2, 0.25) is 40.1 Å². The monoisotopic (exact) mass is 1270 g/mol. The van der Waals surface area contributed by atoms with Gasteiger partial charge >= 0.3 is 48.9 Å². The Morgan fingerprint density at radius 3 is 0.520 bits per heavy atom.